The van der Waals surface area contributed by atoms with Crippen molar-refractivity contribution in [3.63, 3.8) is 0 Å². The number of ether oxygens (including phenoxy) is 2. The highest BCUT2D eigenvalue weighted by Gasteiger charge is 2.34. The molecule has 3 N–H and O–H groups in total. The second kappa shape index (κ2) is 16.5. The standard InChI is InChI=1S/C32H43N5O5/c1-6-33-32(40)35-36(5)22-28(38)34-29(25-16-10-9-11-17-25)30(39)37(23(4)31(41-7-2)42-8-3)21-26-19-14-18-24-15-12-13-20-27(24)26/h9-20,23,29,31H,6-8,21-22H2,1-5H3,(H,34,38)(H2,33,35,40)/t23?,29-/m0/s1. The summed E-state index contributed by atoms with van der Waals surface area (Å²) < 4.78 is 11.8. The monoisotopic (exact) mass is 577 g/mol. The third kappa shape index (κ3) is 9.01. The molecule has 0 aromatic heterocycles. The van der Waals surface area contributed by atoms with Crippen LogP contribution < -0.4 is 16.1 Å². The highest BCUT2D eigenvalue weighted by molar-refractivity contribution is 5.90. The minimum absolute atomic E-state index is 0.160. The lowest BCUT2D eigenvalue weighted by atomic mass is 10.0. The van der Waals surface area contributed by atoms with Crippen LogP contribution in [-0.2, 0) is 25.6 Å². The molecule has 1 unspecified atom stereocenters. The van der Waals surface area contributed by atoms with Gasteiger partial charge in [0.2, 0.25) is 5.91 Å². The Kier molecular flexibility index (Phi) is 12.7. The van der Waals surface area contributed by atoms with E-state index in [1.165, 1.54) is 5.01 Å². The zero-order valence-electron chi connectivity index (χ0n) is 25.1. The second-order valence-corrected chi connectivity index (χ2v) is 9.86. The summed E-state index contributed by atoms with van der Waals surface area (Å²) in [6, 6.07) is 21.3. The van der Waals surface area contributed by atoms with Crippen molar-refractivity contribution >= 4 is 28.6 Å². The fourth-order valence-electron chi connectivity index (χ4n) is 4.77. The topological polar surface area (TPSA) is 112 Å². The molecule has 0 saturated heterocycles. The van der Waals surface area contributed by atoms with Gasteiger partial charge in [0.05, 0.1) is 12.6 Å². The van der Waals surface area contributed by atoms with Crippen LogP contribution >= 0.6 is 0 Å². The summed E-state index contributed by atoms with van der Waals surface area (Å²) in [7, 11) is 1.58. The van der Waals surface area contributed by atoms with Gasteiger partial charge in [-0.25, -0.2) is 9.80 Å². The number of carbonyl (C=O) groups is 3. The van der Waals surface area contributed by atoms with Crippen LogP contribution in [0.3, 0.4) is 0 Å². The number of urea groups is 1. The Morgan fingerprint density at radius 1 is 0.857 bits per heavy atom. The van der Waals surface area contributed by atoms with Crippen LogP contribution in [0.4, 0.5) is 4.79 Å². The molecule has 42 heavy (non-hydrogen) atoms. The fraction of sp³-hybridized carbons (Fsp3) is 0.406. The Morgan fingerprint density at radius 3 is 2.17 bits per heavy atom. The Bertz CT molecular complexity index is 1290. The van der Waals surface area contributed by atoms with Gasteiger partial charge in [-0.15, -0.1) is 0 Å². The van der Waals surface area contributed by atoms with E-state index in [0.29, 0.717) is 25.3 Å². The normalized spacial score (nSPS) is 12.6. The molecule has 0 fully saturated rings. The molecule has 3 aromatic carbocycles. The molecule has 0 saturated carbocycles. The lowest BCUT2D eigenvalue weighted by Crippen LogP contribution is -2.53. The molecule has 0 aliphatic heterocycles. The van der Waals surface area contributed by atoms with E-state index in [0.717, 1.165) is 16.3 Å². The summed E-state index contributed by atoms with van der Waals surface area (Å²) in [5, 5.41) is 8.99. The number of nitrogens with zero attached hydrogens (tertiary/aromatic N) is 2. The molecular weight excluding hydrogens is 534 g/mol. The smallest absolute Gasteiger partial charge is 0.329 e. The van der Waals surface area contributed by atoms with Crippen molar-refractivity contribution < 1.29 is 23.9 Å². The van der Waals surface area contributed by atoms with E-state index in [1.807, 2.05) is 93.6 Å². The number of hydrogen-bond donors (Lipinski definition) is 3. The third-order valence-electron chi connectivity index (χ3n) is 6.75. The average molecular weight is 578 g/mol. The number of rotatable bonds is 15. The molecule has 2 atom stereocenters. The molecular formula is C32H43N5O5. The lowest BCUT2D eigenvalue weighted by Gasteiger charge is -2.37. The number of benzene rings is 3. The molecule has 3 rings (SSSR count). The number of nitrogens with one attached hydrogen (secondary N) is 3. The summed E-state index contributed by atoms with van der Waals surface area (Å²) in [6.45, 7) is 8.85. The van der Waals surface area contributed by atoms with E-state index in [-0.39, 0.29) is 19.0 Å². The molecule has 0 radical (unpaired) electrons. The highest BCUT2D eigenvalue weighted by Crippen LogP contribution is 2.25. The van der Waals surface area contributed by atoms with Gasteiger partial charge in [-0.05, 0) is 49.6 Å². The first-order valence-corrected chi connectivity index (χ1v) is 14.4. The molecule has 226 valence electrons. The molecule has 10 heteroatoms. The van der Waals surface area contributed by atoms with E-state index < -0.39 is 30.3 Å². The van der Waals surface area contributed by atoms with Crippen molar-refractivity contribution in [2.24, 2.45) is 0 Å². The highest BCUT2D eigenvalue weighted by atomic mass is 16.7. The van der Waals surface area contributed by atoms with Crippen LogP contribution in [0.25, 0.3) is 10.8 Å². The number of likely N-dealkylation sites (N-methyl/N-ethyl adjacent to an activating group) is 1. The first kappa shape index (κ1) is 32.5. The fourth-order valence-corrected chi connectivity index (χ4v) is 4.77. The third-order valence-corrected chi connectivity index (χ3v) is 6.75. The predicted molar refractivity (Wildman–Crippen MR) is 163 cm³/mol. The molecule has 0 spiro atoms. The average Bonchev–Trinajstić information content (AvgIpc) is 2.98. The molecule has 0 aliphatic rings. The number of hydrazine groups is 1. The van der Waals surface area contributed by atoms with Crippen LogP contribution in [0, 0.1) is 0 Å². The molecule has 4 amide bonds. The number of carbonyl (C=O) groups excluding carboxylic acids is 3. The van der Waals surface area contributed by atoms with Gasteiger partial charge in [-0.2, -0.15) is 0 Å². The second-order valence-electron chi connectivity index (χ2n) is 9.86. The lowest BCUT2D eigenvalue weighted by molar-refractivity contribution is -0.180. The molecule has 0 aliphatic carbocycles. The first-order chi connectivity index (χ1) is 20.3. The Labute approximate surface area is 248 Å². The quantitative estimate of drug-likeness (QED) is 0.186. The van der Waals surface area contributed by atoms with Gasteiger partial charge in [0.15, 0.2) is 6.29 Å². The van der Waals surface area contributed by atoms with Gasteiger partial charge in [0.25, 0.3) is 5.91 Å². The summed E-state index contributed by atoms with van der Waals surface area (Å²) in [5.41, 5.74) is 4.18. The van der Waals surface area contributed by atoms with E-state index >= 15 is 0 Å². The Morgan fingerprint density at radius 2 is 1.50 bits per heavy atom. The van der Waals surface area contributed by atoms with Crippen molar-refractivity contribution in [1.82, 2.24) is 26.0 Å². The number of hydrogen-bond acceptors (Lipinski definition) is 6. The van der Waals surface area contributed by atoms with E-state index in [2.05, 4.69) is 16.1 Å². The Hall–Kier alpha value is -3.99. The van der Waals surface area contributed by atoms with Gasteiger partial charge in [-0.1, -0.05) is 72.8 Å². The number of amides is 4. The summed E-state index contributed by atoms with van der Waals surface area (Å²) in [6.07, 6.45) is -0.668. The van der Waals surface area contributed by atoms with Gasteiger partial charge in [0.1, 0.15) is 6.04 Å². The van der Waals surface area contributed by atoms with E-state index in [4.69, 9.17) is 9.47 Å². The summed E-state index contributed by atoms with van der Waals surface area (Å²) in [5.74, 6) is -0.737. The van der Waals surface area contributed by atoms with Crippen molar-refractivity contribution in [2.75, 3.05) is 33.4 Å². The van der Waals surface area contributed by atoms with Crippen LogP contribution in [0.15, 0.2) is 72.8 Å². The van der Waals surface area contributed by atoms with Gasteiger partial charge in [0, 0.05) is 33.4 Å². The van der Waals surface area contributed by atoms with E-state index in [9.17, 15) is 14.4 Å². The van der Waals surface area contributed by atoms with Crippen molar-refractivity contribution in [3.05, 3.63) is 83.9 Å². The van der Waals surface area contributed by atoms with Gasteiger partial charge in [-0.3, -0.25) is 15.0 Å². The van der Waals surface area contributed by atoms with Crippen molar-refractivity contribution in [2.45, 2.75) is 52.6 Å². The first-order valence-electron chi connectivity index (χ1n) is 14.4. The molecule has 0 heterocycles. The van der Waals surface area contributed by atoms with Crippen LogP contribution in [0.5, 0.6) is 0 Å². The van der Waals surface area contributed by atoms with Crippen LogP contribution in [0.2, 0.25) is 0 Å². The minimum Gasteiger partial charge on any atom is -0.351 e. The van der Waals surface area contributed by atoms with Crippen LogP contribution in [-0.4, -0.2) is 73.4 Å². The maximum Gasteiger partial charge on any atom is 0.329 e. The van der Waals surface area contributed by atoms with Gasteiger partial charge < -0.3 is 25.0 Å². The summed E-state index contributed by atoms with van der Waals surface area (Å²) in [4.78, 5) is 41.4. The maximum absolute atomic E-state index is 14.5. The molecule has 3 aromatic rings. The zero-order chi connectivity index (χ0) is 30.5. The largest absolute Gasteiger partial charge is 0.351 e. The van der Waals surface area contributed by atoms with Gasteiger partial charge >= 0.3 is 6.03 Å². The maximum atomic E-state index is 14.5. The SMILES string of the molecule is CCNC(=O)NN(C)CC(=O)N[C@H](C(=O)N(Cc1cccc2ccccc12)C(C)C(OCC)OCC)c1ccccc1. The molecule has 0 bridgehead atoms. The Balaban J connectivity index is 1.97. The number of fused-ring (bicyclic) bond motifs is 1. The van der Waals surface area contributed by atoms with Crippen molar-refractivity contribution in [3.8, 4) is 0 Å². The summed E-state index contributed by atoms with van der Waals surface area (Å²) >= 11 is 0. The van der Waals surface area contributed by atoms with Crippen LogP contribution in [0.1, 0.15) is 44.9 Å². The molecule has 10 nitrogen and oxygen atoms in total. The minimum atomic E-state index is -0.988. The zero-order valence-corrected chi connectivity index (χ0v) is 25.1. The van der Waals surface area contributed by atoms with E-state index in [1.54, 1.807) is 18.9 Å². The predicted octanol–water partition coefficient (Wildman–Crippen LogP) is 3.98. The van der Waals surface area contributed by atoms with Crippen molar-refractivity contribution in [1.29, 1.82) is 0 Å².